The molecule has 1 aliphatic heterocycles. The van der Waals surface area contributed by atoms with Gasteiger partial charge in [-0.25, -0.2) is 0 Å². The molecule has 1 unspecified atom stereocenters. The Bertz CT molecular complexity index is 1040. The van der Waals surface area contributed by atoms with Gasteiger partial charge in [0.05, 0.1) is 12.8 Å². The van der Waals surface area contributed by atoms with Crippen LogP contribution in [0.2, 0.25) is 0 Å². The van der Waals surface area contributed by atoms with Gasteiger partial charge in [0.2, 0.25) is 0 Å². The molecule has 1 aliphatic rings. The van der Waals surface area contributed by atoms with Crippen molar-refractivity contribution in [2.45, 2.75) is 19.6 Å². The Morgan fingerprint density at radius 3 is 2.10 bits per heavy atom. The molecule has 3 aromatic carbocycles. The summed E-state index contributed by atoms with van der Waals surface area (Å²) in [7, 11) is 1.62. The number of carbonyl (C=O) groups excluding carboxylic acids is 1. The van der Waals surface area contributed by atoms with Crippen molar-refractivity contribution in [1.82, 2.24) is 0 Å². The van der Waals surface area contributed by atoms with Gasteiger partial charge in [0.25, 0.3) is 5.91 Å². The van der Waals surface area contributed by atoms with Crippen molar-refractivity contribution in [1.29, 1.82) is 0 Å². The lowest BCUT2D eigenvalue weighted by Crippen LogP contribution is -2.33. The fraction of sp³-hybridized carbons (Fsp3) is 0.167. The first kappa shape index (κ1) is 19.9. The fourth-order valence-corrected chi connectivity index (χ4v) is 3.87. The average Bonchev–Trinajstić information content (AvgIpc) is 3.01. The largest absolute Gasteiger partial charge is 0.497 e. The maximum atomic E-state index is 13.0. The number of thiocarbonyl (C=S) groups is 1. The lowest BCUT2D eigenvalue weighted by molar-refractivity contribution is -0.117. The molecule has 6 heteroatoms. The Labute approximate surface area is 181 Å². The minimum atomic E-state index is -0.389. The van der Waals surface area contributed by atoms with E-state index >= 15 is 0 Å². The molecule has 0 radical (unpaired) electrons. The molecule has 0 N–H and O–H groups in total. The second-order valence-electron chi connectivity index (χ2n) is 6.97. The van der Waals surface area contributed by atoms with Crippen LogP contribution in [0.5, 0.6) is 11.5 Å². The van der Waals surface area contributed by atoms with Gasteiger partial charge in [-0.1, -0.05) is 30.3 Å². The number of methoxy groups -OCH3 is 1. The molecule has 1 amide bonds. The first-order valence-electron chi connectivity index (χ1n) is 9.66. The number of benzene rings is 3. The van der Waals surface area contributed by atoms with E-state index in [0.717, 1.165) is 28.4 Å². The number of hydrogen-bond acceptors (Lipinski definition) is 4. The predicted molar refractivity (Wildman–Crippen MR) is 122 cm³/mol. The number of ether oxygens (including phenoxy) is 2. The molecule has 1 heterocycles. The first-order chi connectivity index (χ1) is 14.6. The summed E-state index contributed by atoms with van der Waals surface area (Å²) in [6.07, 6.45) is 0. The van der Waals surface area contributed by atoms with Gasteiger partial charge in [0.1, 0.15) is 24.1 Å². The SMILES string of the molecule is COc1ccc(N2C(=S)N(c3ccc(OCc4ccccc4)cc3)C(=O)C2C)cc1. The highest BCUT2D eigenvalue weighted by Crippen LogP contribution is 2.32. The third-order valence-electron chi connectivity index (χ3n) is 5.06. The third-order valence-corrected chi connectivity index (χ3v) is 5.44. The lowest BCUT2D eigenvalue weighted by atomic mass is 10.2. The molecule has 0 aromatic heterocycles. The molecule has 1 fully saturated rings. The van der Waals surface area contributed by atoms with Gasteiger partial charge in [-0.2, -0.15) is 0 Å². The molecular formula is C24H22N2O3S. The highest BCUT2D eigenvalue weighted by molar-refractivity contribution is 7.81. The Morgan fingerprint density at radius 1 is 0.867 bits per heavy atom. The van der Waals surface area contributed by atoms with Crippen LogP contribution in [-0.4, -0.2) is 24.2 Å². The molecule has 1 atom stereocenters. The van der Waals surface area contributed by atoms with Crippen LogP contribution in [0.4, 0.5) is 11.4 Å². The topological polar surface area (TPSA) is 42.0 Å². The molecule has 0 saturated carbocycles. The van der Waals surface area contributed by atoms with Crippen molar-refractivity contribution in [3.05, 3.63) is 84.4 Å². The van der Waals surface area contributed by atoms with Crippen molar-refractivity contribution < 1.29 is 14.3 Å². The smallest absolute Gasteiger partial charge is 0.256 e. The average molecular weight is 419 g/mol. The van der Waals surface area contributed by atoms with Gasteiger partial charge >= 0.3 is 0 Å². The van der Waals surface area contributed by atoms with E-state index in [1.54, 1.807) is 12.0 Å². The Morgan fingerprint density at radius 2 is 1.47 bits per heavy atom. The number of hydrogen-bond donors (Lipinski definition) is 0. The van der Waals surface area contributed by atoms with Crippen molar-refractivity contribution >= 4 is 34.6 Å². The second-order valence-corrected chi connectivity index (χ2v) is 7.33. The zero-order valence-electron chi connectivity index (χ0n) is 16.8. The molecule has 4 rings (SSSR count). The summed E-state index contributed by atoms with van der Waals surface area (Å²) >= 11 is 5.66. The Kier molecular flexibility index (Phi) is 5.68. The molecule has 0 spiro atoms. The molecule has 0 aliphatic carbocycles. The van der Waals surface area contributed by atoms with Crippen molar-refractivity contribution in [3.63, 3.8) is 0 Å². The zero-order chi connectivity index (χ0) is 21.1. The van der Waals surface area contributed by atoms with Crippen LogP contribution in [0.25, 0.3) is 0 Å². The lowest BCUT2D eigenvalue weighted by Gasteiger charge is -2.22. The molecule has 152 valence electrons. The van der Waals surface area contributed by atoms with Crippen LogP contribution in [0.3, 0.4) is 0 Å². The summed E-state index contributed by atoms with van der Waals surface area (Å²) < 4.78 is 11.1. The van der Waals surface area contributed by atoms with Crippen LogP contribution in [0.1, 0.15) is 12.5 Å². The van der Waals surface area contributed by atoms with E-state index in [1.165, 1.54) is 0 Å². The Balaban J connectivity index is 1.50. The van der Waals surface area contributed by atoms with Crippen LogP contribution in [-0.2, 0) is 11.4 Å². The molecule has 1 saturated heterocycles. The van der Waals surface area contributed by atoms with E-state index in [1.807, 2.05) is 90.7 Å². The number of anilines is 2. The summed E-state index contributed by atoms with van der Waals surface area (Å²) in [5.41, 5.74) is 2.67. The van der Waals surface area contributed by atoms with Gasteiger partial charge in [0, 0.05) is 5.69 Å². The van der Waals surface area contributed by atoms with Crippen LogP contribution >= 0.6 is 12.2 Å². The molecule has 0 bridgehead atoms. The quantitative estimate of drug-likeness (QED) is 0.538. The second kappa shape index (κ2) is 8.55. The maximum Gasteiger partial charge on any atom is 0.256 e. The molecule has 3 aromatic rings. The summed E-state index contributed by atoms with van der Waals surface area (Å²) in [5, 5.41) is 0.454. The highest BCUT2D eigenvalue weighted by atomic mass is 32.1. The van der Waals surface area contributed by atoms with E-state index in [4.69, 9.17) is 21.7 Å². The van der Waals surface area contributed by atoms with Crippen LogP contribution in [0, 0.1) is 0 Å². The number of amides is 1. The minimum absolute atomic E-state index is 0.0613. The predicted octanol–water partition coefficient (Wildman–Crippen LogP) is 4.80. The van der Waals surface area contributed by atoms with Crippen molar-refractivity contribution in [2.75, 3.05) is 16.9 Å². The van der Waals surface area contributed by atoms with Gasteiger partial charge in [-0.15, -0.1) is 0 Å². The van der Waals surface area contributed by atoms with E-state index < -0.39 is 0 Å². The number of carbonyl (C=O) groups is 1. The monoisotopic (exact) mass is 418 g/mol. The third kappa shape index (κ3) is 3.86. The molecular weight excluding hydrogens is 396 g/mol. The van der Waals surface area contributed by atoms with E-state index in [9.17, 15) is 4.79 Å². The minimum Gasteiger partial charge on any atom is -0.497 e. The normalized spacial score (nSPS) is 16.1. The van der Waals surface area contributed by atoms with Gasteiger partial charge in [-0.05, 0) is 73.2 Å². The van der Waals surface area contributed by atoms with Gasteiger partial charge < -0.3 is 14.4 Å². The zero-order valence-corrected chi connectivity index (χ0v) is 17.6. The van der Waals surface area contributed by atoms with Gasteiger partial charge in [0.15, 0.2) is 5.11 Å². The maximum absolute atomic E-state index is 13.0. The number of rotatable bonds is 6. The first-order valence-corrected chi connectivity index (χ1v) is 10.1. The van der Waals surface area contributed by atoms with E-state index in [2.05, 4.69) is 0 Å². The van der Waals surface area contributed by atoms with Crippen molar-refractivity contribution in [3.8, 4) is 11.5 Å². The van der Waals surface area contributed by atoms with E-state index in [0.29, 0.717) is 11.7 Å². The fourth-order valence-electron chi connectivity index (χ4n) is 3.41. The highest BCUT2D eigenvalue weighted by Gasteiger charge is 2.41. The molecule has 5 nitrogen and oxygen atoms in total. The van der Waals surface area contributed by atoms with E-state index in [-0.39, 0.29) is 11.9 Å². The standard InChI is InChI=1S/C24H22N2O3S/c1-17-23(27)26(24(30)25(17)19-8-12-21(28-2)13-9-19)20-10-14-22(15-11-20)29-16-18-6-4-3-5-7-18/h3-15,17H,16H2,1-2H3. The summed E-state index contributed by atoms with van der Waals surface area (Å²) in [4.78, 5) is 16.4. The summed E-state index contributed by atoms with van der Waals surface area (Å²) in [5.74, 6) is 1.43. The Hall–Kier alpha value is -3.38. The van der Waals surface area contributed by atoms with Gasteiger partial charge in [-0.3, -0.25) is 9.69 Å². The molecule has 30 heavy (non-hydrogen) atoms. The van der Waals surface area contributed by atoms with Crippen LogP contribution < -0.4 is 19.3 Å². The summed E-state index contributed by atoms with van der Waals surface area (Å²) in [6, 6.07) is 24.5. The number of nitrogens with zero attached hydrogens (tertiary/aromatic N) is 2. The van der Waals surface area contributed by atoms with Crippen molar-refractivity contribution in [2.24, 2.45) is 0 Å². The van der Waals surface area contributed by atoms with Crippen LogP contribution in [0.15, 0.2) is 78.9 Å². The summed E-state index contributed by atoms with van der Waals surface area (Å²) in [6.45, 7) is 2.35.